The van der Waals surface area contributed by atoms with E-state index in [2.05, 4.69) is 20.4 Å². The first kappa shape index (κ1) is 19.7. The van der Waals surface area contributed by atoms with Crippen molar-refractivity contribution in [1.82, 2.24) is 10.4 Å². The van der Waals surface area contributed by atoms with Gasteiger partial charge in [0, 0.05) is 30.5 Å². The fraction of sp³-hybridized carbons (Fsp3) is 0.353. The van der Waals surface area contributed by atoms with Gasteiger partial charge < -0.3 is 4.90 Å². The van der Waals surface area contributed by atoms with Crippen molar-refractivity contribution >= 4 is 52.3 Å². The molecule has 0 radical (unpaired) electrons. The fourth-order valence-electron chi connectivity index (χ4n) is 2.30. The molecule has 0 atom stereocenters. The van der Waals surface area contributed by atoms with E-state index < -0.39 is 0 Å². The van der Waals surface area contributed by atoms with Crippen molar-refractivity contribution in [1.29, 1.82) is 0 Å². The molecule has 0 bridgehead atoms. The predicted molar refractivity (Wildman–Crippen MR) is 107 cm³/mol. The summed E-state index contributed by atoms with van der Waals surface area (Å²) in [5.41, 5.74) is 5.20. The number of thiazole rings is 1. The lowest BCUT2D eigenvalue weighted by Crippen LogP contribution is -2.27. The molecule has 0 saturated heterocycles. The van der Waals surface area contributed by atoms with Crippen LogP contribution >= 0.6 is 34.5 Å². The average Bonchev–Trinajstić information content (AvgIpc) is 2.94. The lowest BCUT2D eigenvalue weighted by Gasteiger charge is -2.22. The Morgan fingerprint density at radius 3 is 2.40 bits per heavy atom. The number of hydrazone groups is 1. The number of halogens is 2. The maximum atomic E-state index is 12.1. The Balaban J connectivity index is 1.97. The Bertz CT molecular complexity index is 725. The maximum absolute atomic E-state index is 12.1. The minimum Gasteiger partial charge on any atom is -0.369 e. The normalized spacial score (nSPS) is 11.0. The number of alkyl halides is 2. The standard InChI is InChI=1S/C17H20Cl2N4OS/c1-12-16(25-13(2)21-12)17(24)22-20-11-14-3-5-15(6-4-14)23(9-7-18)10-8-19/h3-6,11H,7-10H2,1-2H3,(H,22,24)/b20-11+. The molecule has 0 unspecified atom stereocenters. The van der Waals surface area contributed by atoms with Crippen molar-refractivity contribution in [3.63, 3.8) is 0 Å². The summed E-state index contributed by atoms with van der Waals surface area (Å²) in [5.74, 6) is 0.844. The Hall–Kier alpha value is -1.63. The van der Waals surface area contributed by atoms with Gasteiger partial charge >= 0.3 is 0 Å². The Labute approximate surface area is 161 Å². The van der Waals surface area contributed by atoms with Crippen LogP contribution in [-0.4, -0.2) is 42.0 Å². The SMILES string of the molecule is Cc1nc(C)c(C(=O)N/N=C/c2ccc(N(CCCl)CCCl)cc2)s1. The third-order valence-electron chi connectivity index (χ3n) is 3.46. The summed E-state index contributed by atoms with van der Waals surface area (Å²) >= 11 is 13.0. The zero-order chi connectivity index (χ0) is 18.2. The Morgan fingerprint density at radius 2 is 1.88 bits per heavy atom. The smallest absolute Gasteiger partial charge is 0.283 e. The van der Waals surface area contributed by atoms with E-state index in [4.69, 9.17) is 23.2 Å². The molecular formula is C17H20Cl2N4OS. The summed E-state index contributed by atoms with van der Waals surface area (Å²) in [6.45, 7) is 5.17. The molecule has 2 aromatic rings. The molecule has 0 aliphatic heterocycles. The van der Waals surface area contributed by atoms with Gasteiger partial charge in [0.25, 0.3) is 5.91 Å². The van der Waals surface area contributed by atoms with Gasteiger partial charge in [-0.15, -0.1) is 34.5 Å². The molecule has 1 aromatic carbocycles. The number of aryl methyl sites for hydroxylation is 2. The monoisotopic (exact) mass is 398 g/mol. The van der Waals surface area contributed by atoms with Crippen LogP contribution in [0.3, 0.4) is 0 Å². The summed E-state index contributed by atoms with van der Waals surface area (Å²) in [5, 5.41) is 4.88. The summed E-state index contributed by atoms with van der Waals surface area (Å²) in [6.07, 6.45) is 1.61. The van der Waals surface area contributed by atoms with E-state index in [1.165, 1.54) is 11.3 Å². The Morgan fingerprint density at radius 1 is 1.24 bits per heavy atom. The summed E-state index contributed by atoms with van der Waals surface area (Å²) in [6, 6.07) is 7.84. The van der Waals surface area contributed by atoms with Crippen LogP contribution in [0, 0.1) is 13.8 Å². The summed E-state index contributed by atoms with van der Waals surface area (Å²) in [4.78, 5) is 19.0. The van der Waals surface area contributed by atoms with Crippen molar-refractivity contribution in [3.05, 3.63) is 45.4 Å². The van der Waals surface area contributed by atoms with Gasteiger partial charge in [-0.25, -0.2) is 10.4 Å². The van der Waals surface area contributed by atoms with E-state index in [0.717, 1.165) is 35.0 Å². The van der Waals surface area contributed by atoms with Gasteiger partial charge in [-0.05, 0) is 31.5 Å². The van der Waals surface area contributed by atoms with Gasteiger partial charge in [0.05, 0.1) is 16.9 Å². The van der Waals surface area contributed by atoms with Crippen LogP contribution in [-0.2, 0) is 0 Å². The van der Waals surface area contributed by atoms with E-state index in [9.17, 15) is 4.79 Å². The zero-order valence-electron chi connectivity index (χ0n) is 14.1. The van der Waals surface area contributed by atoms with Crippen molar-refractivity contribution in [2.45, 2.75) is 13.8 Å². The van der Waals surface area contributed by atoms with Crippen LogP contribution in [0.1, 0.15) is 25.9 Å². The van der Waals surface area contributed by atoms with Gasteiger partial charge in [-0.2, -0.15) is 5.10 Å². The molecule has 1 N–H and O–H groups in total. The highest BCUT2D eigenvalue weighted by Gasteiger charge is 2.12. The van der Waals surface area contributed by atoms with Gasteiger partial charge in [0.15, 0.2) is 0 Å². The number of rotatable bonds is 8. The van der Waals surface area contributed by atoms with E-state index >= 15 is 0 Å². The van der Waals surface area contributed by atoms with Crippen molar-refractivity contribution in [3.8, 4) is 0 Å². The van der Waals surface area contributed by atoms with Crippen LogP contribution in [0.25, 0.3) is 0 Å². The first-order chi connectivity index (χ1) is 12.0. The lowest BCUT2D eigenvalue weighted by atomic mass is 10.2. The van der Waals surface area contributed by atoms with Crippen LogP contribution < -0.4 is 10.3 Å². The molecule has 1 heterocycles. The molecule has 0 saturated carbocycles. The van der Waals surface area contributed by atoms with Gasteiger partial charge in [0.2, 0.25) is 0 Å². The maximum Gasteiger partial charge on any atom is 0.283 e. The highest BCUT2D eigenvalue weighted by atomic mass is 35.5. The zero-order valence-corrected chi connectivity index (χ0v) is 16.5. The van der Waals surface area contributed by atoms with Crippen LogP contribution in [0.2, 0.25) is 0 Å². The molecule has 134 valence electrons. The van der Waals surface area contributed by atoms with Crippen molar-refractivity contribution < 1.29 is 4.79 Å². The van der Waals surface area contributed by atoms with E-state index in [-0.39, 0.29) is 5.91 Å². The molecule has 0 aliphatic rings. The number of anilines is 1. The second-order valence-corrected chi connectivity index (χ2v) is 7.26. The highest BCUT2D eigenvalue weighted by molar-refractivity contribution is 7.13. The van der Waals surface area contributed by atoms with E-state index in [1.54, 1.807) is 6.21 Å². The number of nitrogens with one attached hydrogen (secondary N) is 1. The molecular weight excluding hydrogens is 379 g/mol. The largest absolute Gasteiger partial charge is 0.369 e. The summed E-state index contributed by atoms with van der Waals surface area (Å²) in [7, 11) is 0. The molecule has 8 heteroatoms. The number of aromatic nitrogens is 1. The molecule has 0 spiro atoms. The molecule has 1 amide bonds. The second kappa shape index (κ2) is 9.75. The minimum absolute atomic E-state index is 0.244. The predicted octanol–water partition coefficient (Wildman–Crippen LogP) is 3.81. The van der Waals surface area contributed by atoms with Gasteiger partial charge in [-0.1, -0.05) is 12.1 Å². The topological polar surface area (TPSA) is 57.6 Å². The highest BCUT2D eigenvalue weighted by Crippen LogP contribution is 2.17. The molecule has 0 fully saturated rings. The number of hydrogen-bond acceptors (Lipinski definition) is 5. The van der Waals surface area contributed by atoms with Gasteiger partial charge in [-0.3, -0.25) is 4.79 Å². The van der Waals surface area contributed by atoms with Crippen molar-refractivity contribution in [2.24, 2.45) is 5.10 Å². The quantitative estimate of drug-likeness (QED) is 0.417. The first-order valence-corrected chi connectivity index (χ1v) is 9.68. The Kier molecular flexibility index (Phi) is 7.68. The van der Waals surface area contributed by atoms with Crippen LogP contribution in [0.5, 0.6) is 0 Å². The molecule has 2 rings (SSSR count). The number of amides is 1. The molecule has 25 heavy (non-hydrogen) atoms. The fourth-order valence-corrected chi connectivity index (χ4v) is 3.52. The minimum atomic E-state index is -0.244. The molecule has 1 aromatic heterocycles. The van der Waals surface area contributed by atoms with E-state index in [0.29, 0.717) is 16.6 Å². The number of carbonyl (C=O) groups is 1. The first-order valence-electron chi connectivity index (χ1n) is 7.79. The number of benzene rings is 1. The second-order valence-electron chi connectivity index (χ2n) is 5.30. The van der Waals surface area contributed by atoms with Crippen LogP contribution in [0.4, 0.5) is 5.69 Å². The van der Waals surface area contributed by atoms with E-state index in [1.807, 2.05) is 38.1 Å². The third kappa shape index (κ3) is 5.70. The summed E-state index contributed by atoms with van der Waals surface area (Å²) < 4.78 is 0. The third-order valence-corrected chi connectivity index (χ3v) is 4.87. The number of nitrogens with zero attached hydrogens (tertiary/aromatic N) is 3. The lowest BCUT2D eigenvalue weighted by molar-refractivity contribution is 0.0958. The molecule has 0 aliphatic carbocycles. The molecule has 5 nitrogen and oxygen atoms in total. The van der Waals surface area contributed by atoms with Crippen molar-refractivity contribution in [2.75, 3.05) is 29.7 Å². The number of carbonyl (C=O) groups excluding carboxylic acids is 1. The van der Waals surface area contributed by atoms with Crippen LogP contribution in [0.15, 0.2) is 29.4 Å². The van der Waals surface area contributed by atoms with Gasteiger partial charge in [0.1, 0.15) is 4.88 Å². The average molecular weight is 399 g/mol. The number of hydrogen-bond donors (Lipinski definition) is 1.